The van der Waals surface area contributed by atoms with Gasteiger partial charge in [0.25, 0.3) is 5.56 Å². The summed E-state index contributed by atoms with van der Waals surface area (Å²) in [7, 11) is 0. The number of para-hydroxylation sites is 1. The molecule has 3 aromatic carbocycles. The molecule has 40 heavy (non-hydrogen) atoms. The van der Waals surface area contributed by atoms with Gasteiger partial charge in [-0.25, -0.2) is 4.68 Å². The highest BCUT2D eigenvalue weighted by Gasteiger charge is 2.15. The number of unbranched alkanes of at least 4 members (excludes halogenated alkanes) is 3. The molecule has 0 unspecified atom stereocenters. The standard InChI is InChI=1S/C32H29N5O2S/c1-2-3-4-11-20-39-27-18-16-23(17-19-27)29-25(22-36(34-29)26-14-9-6-10-15-26)21-28-31(38)37-32(40-28)33-30(35-37)24-12-7-5-8-13-24/h5-10,12-19,21-22H,2-4,11,20H2,1H3. The Kier molecular flexibility index (Phi) is 7.50. The second kappa shape index (κ2) is 11.7. The number of rotatable bonds is 10. The van der Waals surface area contributed by atoms with Crippen molar-refractivity contribution in [1.82, 2.24) is 24.4 Å². The zero-order valence-electron chi connectivity index (χ0n) is 22.2. The predicted octanol–water partition coefficient (Wildman–Crippen LogP) is 6.18. The van der Waals surface area contributed by atoms with Gasteiger partial charge in [0.1, 0.15) is 11.4 Å². The highest BCUT2D eigenvalue weighted by atomic mass is 32.1. The van der Waals surface area contributed by atoms with Gasteiger partial charge in [0.2, 0.25) is 4.96 Å². The van der Waals surface area contributed by atoms with Gasteiger partial charge in [-0.05, 0) is 48.9 Å². The van der Waals surface area contributed by atoms with Crippen molar-refractivity contribution in [3.8, 4) is 34.1 Å². The third kappa shape index (κ3) is 5.44. The van der Waals surface area contributed by atoms with Crippen molar-refractivity contribution < 1.29 is 4.74 Å². The van der Waals surface area contributed by atoms with E-state index in [9.17, 15) is 4.79 Å². The molecule has 0 saturated carbocycles. The molecule has 0 fully saturated rings. The van der Waals surface area contributed by atoms with E-state index >= 15 is 0 Å². The lowest BCUT2D eigenvalue weighted by Gasteiger charge is -2.07. The van der Waals surface area contributed by atoms with Gasteiger partial charge in [0.05, 0.1) is 16.8 Å². The monoisotopic (exact) mass is 547 g/mol. The van der Waals surface area contributed by atoms with E-state index in [0.29, 0.717) is 21.9 Å². The average molecular weight is 548 g/mol. The average Bonchev–Trinajstić information content (AvgIpc) is 3.69. The lowest BCUT2D eigenvalue weighted by molar-refractivity contribution is 0.305. The maximum atomic E-state index is 13.3. The fraction of sp³-hybridized carbons (Fsp3) is 0.188. The maximum absolute atomic E-state index is 13.3. The summed E-state index contributed by atoms with van der Waals surface area (Å²) in [5.41, 5.74) is 4.18. The van der Waals surface area contributed by atoms with Crippen LogP contribution in [-0.2, 0) is 0 Å². The van der Waals surface area contributed by atoms with Gasteiger partial charge in [-0.15, -0.1) is 5.10 Å². The van der Waals surface area contributed by atoms with Gasteiger partial charge in [-0.3, -0.25) is 4.79 Å². The van der Waals surface area contributed by atoms with E-state index in [4.69, 9.17) is 9.84 Å². The van der Waals surface area contributed by atoms with Crippen LogP contribution < -0.4 is 14.8 Å². The Balaban J connectivity index is 1.35. The summed E-state index contributed by atoms with van der Waals surface area (Å²) >= 11 is 1.32. The SMILES string of the molecule is CCCCCCOc1ccc(-c2nn(-c3ccccc3)cc2C=c2sc3nc(-c4ccccc4)nn3c2=O)cc1. The van der Waals surface area contributed by atoms with Crippen LogP contribution in [0, 0.1) is 0 Å². The molecule has 0 aliphatic carbocycles. The molecule has 6 aromatic rings. The molecule has 0 spiro atoms. The Labute approximate surface area is 236 Å². The van der Waals surface area contributed by atoms with Gasteiger partial charge in [-0.2, -0.15) is 14.6 Å². The van der Waals surface area contributed by atoms with Crippen LogP contribution in [0.1, 0.15) is 38.2 Å². The number of hydrogen-bond donors (Lipinski definition) is 0. The van der Waals surface area contributed by atoms with Crippen LogP contribution in [0.5, 0.6) is 5.75 Å². The summed E-state index contributed by atoms with van der Waals surface area (Å²) in [5.74, 6) is 1.38. The zero-order chi connectivity index (χ0) is 27.3. The summed E-state index contributed by atoms with van der Waals surface area (Å²) < 4.78 is 9.71. The number of ether oxygens (including phenoxy) is 1. The Morgan fingerprint density at radius 1 is 0.850 bits per heavy atom. The topological polar surface area (TPSA) is 74.3 Å². The summed E-state index contributed by atoms with van der Waals surface area (Å²) in [6.45, 7) is 2.92. The molecule has 6 rings (SSSR count). The highest BCUT2D eigenvalue weighted by Crippen LogP contribution is 2.27. The molecule has 7 nitrogen and oxygen atoms in total. The van der Waals surface area contributed by atoms with Gasteiger partial charge < -0.3 is 4.74 Å². The Hall–Kier alpha value is -4.56. The number of thiazole rings is 1. The molecule has 0 saturated heterocycles. The fourth-order valence-corrected chi connectivity index (χ4v) is 5.44. The molecule has 200 valence electrons. The van der Waals surface area contributed by atoms with E-state index in [0.717, 1.165) is 40.2 Å². The first-order valence-corrected chi connectivity index (χ1v) is 14.4. The normalized spacial score (nSPS) is 11.9. The Morgan fingerprint density at radius 3 is 2.33 bits per heavy atom. The van der Waals surface area contributed by atoms with E-state index in [-0.39, 0.29) is 5.56 Å². The number of aromatic nitrogens is 5. The molecule has 8 heteroatoms. The molecular weight excluding hydrogens is 518 g/mol. The lowest BCUT2D eigenvalue weighted by atomic mass is 10.1. The first kappa shape index (κ1) is 25.7. The Bertz CT molecular complexity index is 1820. The summed E-state index contributed by atoms with van der Waals surface area (Å²) in [4.78, 5) is 18.5. The number of benzene rings is 3. The summed E-state index contributed by atoms with van der Waals surface area (Å²) in [5, 5.41) is 9.38. The zero-order valence-corrected chi connectivity index (χ0v) is 23.1. The minimum atomic E-state index is -0.195. The van der Waals surface area contributed by atoms with Crippen molar-refractivity contribution in [2.45, 2.75) is 32.6 Å². The van der Waals surface area contributed by atoms with E-state index in [1.165, 1.54) is 35.1 Å². The second-order valence-electron chi connectivity index (χ2n) is 9.56. The van der Waals surface area contributed by atoms with Crippen molar-refractivity contribution in [2.24, 2.45) is 0 Å². The molecule has 0 N–H and O–H groups in total. The van der Waals surface area contributed by atoms with Crippen LogP contribution in [0.15, 0.2) is 95.9 Å². The Morgan fingerprint density at radius 2 is 1.60 bits per heavy atom. The maximum Gasteiger partial charge on any atom is 0.291 e. The molecular formula is C32H29N5O2S. The molecule has 0 bridgehead atoms. The minimum Gasteiger partial charge on any atom is -0.494 e. The van der Waals surface area contributed by atoms with E-state index in [2.05, 4.69) is 17.0 Å². The van der Waals surface area contributed by atoms with Crippen LogP contribution in [-0.4, -0.2) is 31.0 Å². The molecule has 3 heterocycles. The number of nitrogens with zero attached hydrogens (tertiary/aromatic N) is 5. The first-order chi connectivity index (χ1) is 19.7. The molecule has 0 amide bonds. The smallest absolute Gasteiger partial charge is 0.291 e. The van der Waals surface area contributed by atoms with Gasteiger partial charge in [-0.1, -0.05) is 86.1 Å². The minimum absolute atomic E-state index is 0.195. The third-order valence-electron chi connectivity index (χ3n) is 6.66. The highest BCUT2D eigenvalue weighted by molar-refractivity contribution is 7.15. The third-order valence-corrected chi connectivity index (χ3v) is 7.62. The molecule has 0 radical (unpaired) electrons. The summed E-state index contributed by atoms with van der Waals surface area (Å²) in [6, 6.07) is 27.6. The lowest BCUT2D eigenvalue weighted by Crippen LogP contribution is -2.23. The van der Waals surface area contributed by atoms with Gasteiger partial charge in [0, 0.05) is 22.9 Å². The van der Waals surface area contributed by atoms with Crippen LogP contribution in [0.25, 0.3) is 39.4 Å². The van der Waals surface area contributed by atoms with Crippen LogP contribution >= 0.6 is 11.3 Å². The largest absolute Gasteiger partial charge is 0.494 e. The predicted molar refractivity (Wildman–Crippen MR) is 160 cm³/mol. The first-order valence-electron chi connectivity index (χ1n) is 13.5. The van der Waals surface area contributed by atoms with Crippen molar-refractivity contribution in [3.05, 3.63) is 112 Å². The van der Waals surface area contributed by atoms with Crippen molar-refractivity contribution in [1.29, 1.82) is 0 Å². The summed E-state index contributed by atoms with van der Waals surface area (Å²) in [6.07, 6.45) is 8.51. The van der Waals surface area contributed by atoms with E-state index in [1.54, 1.807) is 0 Å². The quantitative estimate of drug-likeness (QED) is 0.192. The molecule has 0 atom stereocenters. The van der Waals surface area contributed by atoms with Crippen molar-refractivity contribution in [2.75, 3.05) is 6.61 Å². The molecule has 0 aliphatic rings. The fourth-order valence-electron chi connectivity index (χ4n) is 4.54. The molecule has 0 aliphatic heterocycles. The van der Waals surface area contributed by atoms with Crippen LogP contribution in [0.3, 0.4) is 0 Å². The van der Waals surface area contributed by atoms with Crippen LogP contribution in [0.4, 0.5) is 0 Å². The molecule has 3 aromatic heterocycles. The van der Waals surface area contributed by atoms with E-state index in [1.807, 2.05) is 102 Å². The van der Waals surface area contributed by atoms with Crippen LogP contribution in [0.2, 0.25) is 0 Å². The van der Waals surface area contributed by atoms with E-state index < -0.39 is 0 Å². The number of hydrogen-bond acceptors (Lipinski definition) is 6. The number of fused-ring (bicyclic) bond motifs is 1. The van der Waals surface area contributed by atoms with Crippen molar-refractivity contribution >= 4 is 22.4 Å². The second-order valence-corrected chi connectivity index (χ2v) is 10.6. The van der Waals surface area contributed by atoms with Gasteiger partial charge in [0.15, 0.2) is 5.82 Å². The van der Waals surface area contributed by atoms with Crippen molar-refractivity contribution in [3.63, 3.8) is 0 Å². The van der Waals surface area contributed by atoms with Gasteiger partial charge >= 0.3 is 0 Å².